The first-order chi connectivity index (χ1) is 18.0. The van der Waals surface area contributed by atoms with Gasteiger partial charge in [0.1, 0.15) is 17.0 Å². The fraction of sp³-hybridized carbons (Fsp3) is 0.345. The maximum Gasteiger partial charge on any atom is 0.238 e. The summed E-state index contributed by atoms with van der Waals surface area (Å²) in [5.74, 6) is -3.02. The number of pyridine rings is 1. The zero-order valence-corrected chi connectivity index (χ0v) is 22.7. The van der Waals surface area contributed by atoms with Crippen molar-refractivity contribution in [3.63, 3.8) is 0 Å². The fourth-order valence-corrected chi connectivity index (χ4v) is 5.70. The zero-order valence-electron chi connectivity index (χ0n) is 21.2. The second-order valence-corrected chi connectivity index (χ2v) is 11.6. The van der Waals surface area contributed by atoms with Crippen molar-refractivity contribution in [3.05, 3.63) is 99.3 Å². The van der Waals surface area contributed by atoms with Crippen LogP contribution in [0.3, 0.4) is 0 Å². The van der Waals surface area contributed by atoms with Crippen LogP contribution in [0.5, 0.6) is 0 Å². The van der Waals surface area contributed by atoms with Gasteiger partial charge in [0.15, 0.2) is 0 Å². The standard InChI is InChI=1S/C29H28Cl2F2N4O/c1-28(2,3)13-23-29(16-34,20-10-9-18(30)12-22(20)32)24(19-7-4-8-21(31)25(19)33)26(37-23)27(38)36-15-17-6-5-11-35-14-17/h4-12,14,23-24,26,37H,13,15H2,1-3H3,(H,36,38)/t23-,24-,26+,29-/m0/s1. The monoisotopic (exact) mass is 556 g/mol. The van der Waals surface area contributed by atoms with Gasteiger partial charge in [-0.2, -0.15) is 5.26 Å². The molecule has 0 aliphatic carbocycles. The van der Waals surface area contributed by atoms with Gasteiger partial charge in [-0.1, -0.05) is 68.2 Å². The summed E-state index contributed by atoms with van der Waals surface area (Å²) < 4.78 is 31.3. The van der Waals surface area contributed by atoms with E-state index in [1.165, 1.54) is 24.3 Å². The maximum atomic E-state index is 15.6. The molecule has 1 fully saturated rings. The summed E-state index contributed by atoms with van der Waals surface area (Å²) in [5, 5.41) is 17.0. The minimum Gasteiger partial charge on any atom is -0.351 e. The van der Waals surface area contributed by atoms with Crippen LogP contribution in [0.4, 0.5) is 8.78 Å². The number of benzene rings is 2. The highest BCUT2D eigenvalue weighted by molar-refractivity contribution is 6.31. The van der Waals surface area contributed by atoms with Crippen molar-refractivity contribution in [2.45, 2.75) is 57.2 Å². The lowest BCUT2D eigenvalue weighted by atomic mass is 9.62. The van der Waals surface area contributed by atoms with Crippen LogP contribution >= 0.6 is 23.2 Å². The molecule has 0 radical (unpaired) electrons. The van der Waals surface area contributed by atoms with E-state index in [1.807, 2.05) is 26.8 Å². The number of nitriles is 1. The third kappa shape index (κ3) is 5.40. The van der Waals surface area contributed by atoms with Crippen LogP contribution in [-0.4, -0.2) is 23.0 Å². The molecule has 2 N–H and O–H groups in total. The van der Waals surface area contributed by atoms with Crippen LogP contribution in [0.2, 0.25) is 10.0 Å². The third-order valence-corrected chi connectivity index (χ3v) is 7.45. The molecular formula is C29H28Cl2F2N4O. The van der Waals surface area contributed by atoms with Crippen molar-refractivity contribution < 1.29 is 13.6 Å². The lowest BCUT2D eigenvalue weighted by molar-refractivity contribution is -0.123. The molecule has 0 bridgehead atoms. The minimum absolute atomic E-state index is 0.0399. The van der Waals surface area contributed by atoms with E-state index in [-0.39, 0.29) is 33.1 Å². The summed E-state index contributed by atoms with van der Waals surface area (Å²) in [7, 11) is 0. The van der Waals surface area contributed by atoms with E-state index in [9.17, 15) is 10.1 Å². The summed E-state index contributed by atoms with van der Waals surface area (Å²) in [6.07, 6.45) is 3.65. The molecule has 1 saturated heterocycles. The Kier molecular flexibility index (Phi) is 8.08. The van der Waals surface area contributed by atoms with Crippen molar-refractivity contribution in [1.82, 2.24) is 15.6 Å². The fourth-order valence-electron chi connectivity index (χ4n) is 5.36. The molecule has 1 aliphatic rings. The Balaban J connectivity index is 1.91. The normalized spacial score (nSPS) is 23.2. The van der Waals surface area contributed by atoms with E-state index in [1.54, 1.807) is 24.5 Å². The molecule has 4 atom stereocenters. The average Bonchev–Trinajstić information content (AvgIpc) is 3.17. The number of rotatable bonds is 6. The van der Waals surface area contributed by atoms with Gasteiger partial charge in [-0.25, -0.2) is 8.78 Å². The number of halogens is 4. The van der Waals surface area contributed by atoms with Crippen LogP contribution in [-0.2, 0) is 16.8 Å². The van der Waals surface area contributed by atoms with Crippen LogP contribution < -0.4 is 10.6 Å². The number of carbonyl (C=O) groups excluding carboxylic acids is 1. The van der Waals surface area contributed by atoms with Crippen molar-refractivity contribution in [3.8, 4) is 6.07 Å². The quantitative estimate of drug-likeness (QED) is 0.373. The van der Waals surface area contributed by atoms with Gasteiger partial charge in [0.2, 0.25) is 5.91 Å². The first-order valence-corrected chi connectivity index (χ1v) is 13.0. The van der Waals surface area contributed by atoms with Crippen molar-refractivity contribution in [2.75, 3.05) is 0 Å². The summed E-state index contributed by atoms with van der Waals surface area (Å²) in [6.45, 7) is 6.13. The number of carbonyl (C=O) groups is 1. The number of hydrogen-bond acceptors (Lipinski definition) is 4. The molecule has 3 aromatic rings. The van der Waals surface area contributed by atoms with Gasteiger partial charge in [0.05, 0.1) is 17.1 Å². The van der Waals surface area contributed by atoms with Crippen molar-refractivity contribution in [1.29, 1.82) is 5.26 Å². The highest BCUT2D eigenvalue weighted by Gasteiger charge is 2.61. The lowest BCUT2D eigenvalue weighted by Crippen LogP contribution is -2.45. The van der Waals surface area contributed by atoms with Crippen LogP contribution in [0.15, 0.2) is 60.9 Å². The van der Waals surface area contributed by atoms with Crippen molar-refractivity contribution in [2.24, 2.45) is 5.41 Å². The molecule has 38 heavy (non-hydrogen) atoms. The third-order valence-electron chi connectivity index (χ3n) is 6.92. The topological polar surface area (TPSA) is 77.8 Å². The molecule has 0 spiro atoms. The minimum atomic E-state index is -1.66. The molecule has 5 nitrogen and oxygen atoms in total. The Morgan fingerprint density at radius 1 is 1.18 bits per heavy atom. The Morgan fingerprint density at radius 3 is 2.58 bits per heavy atom. The number of aromatic nitrogens is 1. The largest absolute Gasteiger partial charge is 0.351 e. The Labute approximate surface area is 231 Å². The molecule has 1 aromatic heterocycles. The van der Waals surface area contributed by atoms with Crippen molar-refractivity contribution >= 4 is 29.1 Å². The van der Waals surface area contributed by atoms with Gasteiger partial charge < -0.3 is 10.6 Å². The van der Waals surface area contributed by atoms with Crippen LogP contribution in [0.25, 0.3) is 0 Å². The predicted octanol–water partition coefficient (Wildman–Crippen LogP) is 6.30. The van der Waals surface area contributed by atoms with Gasteiger partial charge in [-0.3, -0.25) is 9.78 Å². The molecule has 2 heterocycles. The second-order valence-electron chi connectivity index (χ2n) is 10.8. The van der Waals surface area contributed by atoms with E-state index >= 15 is 8.78 Å². The van der Waals surface area contributed by atoms with Gasteiger partial charge in [-0.05, 0) is 47.2 Å². The molecular weight excluding hydrogens is 529 g/mol. The summed E-state index contributed by atoms with van der Waals surface area (Å²) in [5.41, 5.74) is -1.12. The van der Waals surface area contributed by atoms with Gasteiger partial charge >= 0.3 is 0 Å². The number of nitrogens with zero attached hydrogens (tertiary/aromatic N) is 2. The lowest BCUT2D eigenvalue weighted by Gasteiger charge is -2.37. The number of amides is 1. The SMILES string of the molecule is CC(C)(C)C[C@@H]1N[C@@H](C(=O)NCc2cccnc2)[C@H](c2cccc(Cl)c2F)[C@@]1(C#N)c1ccc(Cl)cc1F. The maximum absolute atomic E-state index is 15.6. The highest BCUT2D eigenvalue weighted by atomic mass is 35.5. The molecule has 1 aliphatic heterocycles. The molecule has 0 unspecified atom stereocenters. The summed E-state index contributed by atoms with van der Waals surface area (Å²) in [6, 6.07) is 12.6. The molecule has 4 rings (SSSR count). The Bertz CT molecular complexity index is 1370. The van der Waals surface area contributed by atoms with Gasteiger partial charge in [0, 0.05) is 41.5 Å². The summed E-state index contributed by atoms with van der Waals surface area (Å²) >= 11 is 12.2. The van der Waals surface area contributed by atoms with Crippen LogP contribution in [0, 0.1) is 28.4 Å². The van der Waals surface area contributed by atoms with Gasteiger partial charge in [0.25, 0.3) is 0 Å². The Hall–Kier alpha value is -3.05. The predicted molar refractivity (Wildman–Crippen MR) is 144 cm³/mol. The number of hydrogen-bond donors (Lipinski definition) is 2. The summed E-state index contributed by atoms with van der Waals surface area (Å²) in [4.78, 5) is 17.8. The molecule has 0 saturated carbocycles. The Morgan fingerprint density at radius 2 is 1.95 bits per heavy atom. The van der Waals surface area contributed by atoms with E-state index in [0.717, 1.165) is 11.6 Å². The smallest absolute Gasteiger partial charge is 0.238 e. The van der Waals surface area contributed by atoms with Crippen LogP contribution in [0.1, 0.15) is 49.8 Å². The highest BCUT2D eigenvalue weighted by Crippen LogP contribution is 2.52. The molecule has 1 amide bonds. The molecule has 9 heteroatoms. The number of nitrogens with one attached hydrogen (secondary N) is 2. The molecule has 198 valence electrons. The second kappa shape index (κ2) is 11.0. The van der Waals surface area contributed by atoms with E-state index in [2.05, 4.69) is 21.7 Å². The van der Waals surface area contributed by atoms with E-state index in [4.69, 9.17) is 23.2 Å². The van der Waals surface area contributed by atoms with E-state index < -0.39 is 41.0 Å². The van der Waals surface area contributed by atoms with Gasteiger partial charge in [-0.15, -0.1) is 0 Å². The first kappa shape index (κ1) is 28.0. The molecule has 2 aromatic carbocycles. The zero-order chi connectivity index (χ0) is 27.7. The average molecular weight is 557 g/mol. The first-order valence-electron chi connectivity index (χ1n) is 12.2. The van der Waals surface area contributed by atoms with E-state index in [0.29, 0.717) is 6.42 Å².